The first-order valence-corrected chi connectivity index (χ1v) is 8.70. The van der Waals surface area contributed by atoms with Gasteiger partial charge in [0.25, 0.3) is 10.0 Å². The van der Waals surface area contributed by atoms with Crippen molar-refractivity contribution in [2.24, 2.45) is 0 Å². The quantitative estimate of drug-likeness (QED) is 0.780. The molecular formula is C16H15FN2O4S. The summed E-state index contributed by atoms with van der Waals surface area (Å²) >= 11 is 0. The van der Waals surface area contributed by atoms with Crippen molar-refractivity contribution in [1.29, 1.82) is 0 Å². The first-order chi connectivity index (χ1) is 11.3. The minimum Gasteiger partial charge on any atom is -0.480 e. The summed E-state index contributed by atoms with van der Waals surface area (Å²) in [4.78, 5) is 11.1. The average Bonchev–Trinajstić information content (AvgIpc) is 2.55. The van der Waals surface area contributed by atoms with E-state index in [0.29, 0.717) is 6.42 Å². The molecular weight excluding hydrogens is 335 g/mol. The number of benzene rings is 2. The van der Waals surface area contributed by atoms with Crippen molar-refractivity contribution in [3.63, 3.8) is 0 Å². The molecule has 0 bridgehead atoms. The van der Waals surface area contributed by atoms with Gasteiger partial charge in [-0.1, -0.05) is 6.07 Å². The average molecular weight is 350 g/mol. The van der Waals surface area contributed by atoms with Crippen LogP contribution in [-0.2, 0) is 27.8 Å². The van der Waals surface area contributed by atoms with E-state index in [9.17, 15) is 17.6 Å². The SMILES string of the molecule is O=C(O)C1Cc2ccc(S(=O)(=O)Nc3ccc(F)cc3)cc2CN1. The van der Waals surface area contributed by atoms with E-state index in [0.717, 1.165) is 11.1 Å². The third-order valence-electron chi connectivity index (χ3n) is 3.85. The molecule has 1 atom stereocenters. The highest BCUT2D eigenvalue weighted by atomic mass is 32.2. The highest BCUT2D eigenvalue weighted by Crippen LogP contribution is 2.23. The van der Waals surface area contributed by atoms with Crippen molar-refractivity contribution >= 4 is 21.7 Å². The minimum absolute atomic E-state index is 0.0705. The van der Waals surface area contributed by atoms with Crippen molar-refractivity contribution < 1.29 is 22.7 Å². The number of fused-ring (bicyclic) bond motifs is 1. The summed E-state index contributed by atoms with van der Waals surface area (Å²) < 4.78 is 40.1. The molecule has 126 valence electrons. The molecule has 0 radical (unpaired) electrons. The molecule has 3 rings (SSSR count). The number of aliphatic carboxylic acids is 1. The van der Waals surface area contributed by atoms with E-state index in [-0.39, 0.29) is 17.1 Å². The number of carboxylic acids is 1. The number of carboxylic acid groups (broad SMARTS) is 1. The highest BCUT2D eigenvalue weighted by Gasteiger charge is 2.25. The third kappa shape index (κ3) is 3.39. The van der Waals surface area contributed by atoms with Crippen LogP contribution in [0.5, 0.6) is 0 Å². The molecule has 2 aromatic carbocycles. The Hall–Kier alpha value is -2.45. The standard InChI is InChI=1S/C16H15FN2O4S/c17-12-2-4-13(5-3-12)19-24(22,23)14-6-1-10-8-15(16(20)21)18-9-11(10)7-14/h1-7,15,18-19H,8-9H2,(H,20,21). The molecule has 0 saturated heterocycles. The molecule has 3 N–H and O–H groups in total. The smallest absolute Gasteiger partial charge is 0.321 e. The molecule has 1 aliphatic rings. The normalized spacial score (nSPS) is 17.1. The van der Waals surface area contributed by atoms with Crippen LogP contribution in [0.2, 0.25) is 0 Å². The zero-order chi connectivity index (χ0) is 17.3. The Kier molecular flexibility index (Phi) is 4.25. The molecule has 1 aliphatic heterocycles. The van der Waals surface area contributed by atoms with Crippen molar-refractivity contribution in [1.82, 2.24) is 5.32 Å². The number of nitrogens with one attached hydrogen (secondary N) is 2. The van der Waals surface area contributed by atoms with E-state index in [2.05, 4.69) is 10.0 Å². The highest BCUT2D eigenvalue weighted by molar-refractivity contribution is 7.92. The molecule has 24 heavy (non-hydrogen) atoms. The van der Waals surface area contributed by atoms with Crippen molar-refractivity contribution in [3.05, 3.63) is 59.4 Å². The molecule has 0 aliphatic carbocycles. The zero-order valence-electron chi connectivity index (χ0n) is 12.5. The summed E-state index contributed by atoms with van der Waals surface area (Å²) in [5, 5.41) is 11.9. The number of sulfonamides is 1. The van der Waals surface area contributed by atoms with Gasteiger partial charge in [-0.2, -0.15) is 0 Å². The van der Waals surface area contributed by atoms with Gasteiger partial charge in [-0.05, 0) is 53.9 Å². The second-order valence-corrected chi connectivity index (χ2v) is 7.20. The van der Waals surface area contributed by atoms with Crippen LogP contribution in [0.4, 0.5) is 10.1 Å². The van der Waals surface area contributed by atoms with Gasteiger partial charge in [0.05, 0.1) is 4.90 Å². The largest absolute Gasteiger partial charge is 0.480 e. The number of carbonyl (C=O) groups is 1. The topological polar surface area (TPSA) is 95.5 Å². The third-order valence-corrected chi connectivity index (χ3v) is 5.22. The van der Waals surface area contributed by atoms with Gasteiger partial charge in [0.2, 0.25) is 0 Å². The van der Waals surface area contributed by atoms with Crippen LogP contribution in [0.1, 0.15) is 11.1 Å². The monoisotopic (exact) mass is 350 g/mol. The van der Waals surface area contributed by atoms with Crippen molar-refractivity contribution in [2.75, 3.05) is 4.72 Å². The van der Waals surface area contributed by atoms with Gasteiger partial charge >= 0.3 is 5.97 Å². The van der Waals surface area contributed by atoms with Gasteiger partial charge in [0.1, 0.15) is 11.9 Å². The lowest BCUT2D eigenvalue weighted by atomic mass is 9.96. The van der Waals surface area contributed by atoms with Crippen LogP contribution in [0.3, 0.4) is 0 Å². The molecule has 2 aromatic rings. The van der Waals surface area contributed by atoms with E-state index in [1.165, 1.54) is 36.4 Å². The molecule has 0 saturated carbocycles. The van der Waals surface area contributed by atoms with Gasteiger partial charge in [0.15, 0.2) is 0 Å². The molecule has 6 nitrogen and oxygen atoms in total. The minimum atomic E-state index is -3.81. The maximum absolute atomic E-state index is 12.9. The molecule has 0 fully saturated rings. The van der Waals surface area contributed by atoms with Crippen molar-refractivity contribution in [3.8, 4) is 0 Å². The van der Waals surface area contributed by atoms with Crippen molar-refractivity contribution in [2.45, 2.75) is 23.9 Å². The van der Waals surface area contributed by atoms with Gasteiger partial charge in [-0.25, -0.2) is 12.8 Å². The van der Waals surface area contributed by atoms with Crippen LogP contribution in [0.25, 0.3) is 0 Å². The summed E-state index contributed by atoms with van der Waals surface area (Å²) in [6.45, 7) is 0.284. The van der Waals surface area contributed by atoms with Crippen LogP contribution >= 0.6 is 0 Å². The maximum Gasteiger partial charge on any atom is 0.321 e. The summed E-state index contributed by atoms with van der Waals surface area (Å²) in [5.74, 6) is -1.39. The predicted molar refractivity (Wildman–Crippen MR) is 85.6 cm³/mol. The zero-order valence-corrected chi connectivity index (χ0v) is 13.3. The summed E-state index contributed by atoms with van der Waals surface area (Å²) in [7, 11) is -3.81. The second-order valence-electron chi connectivity index (χ2n) is 5.52. The molecule has 0 spiro atoms. The van der Waals surface area contributed by atoms with Crippen LogP contribution in [-0.4, -0.2) is 25.5 Å². The van der Waals surface area contributed by atoms with E-state index >= 15 is 0 Å². The number of hydrogen-bond acceptors (Lipinski definition) is 4. The van der Waals surface area contributed by atoms with Gasteiger partial charge in [-0.15, -0.1) is 0 Å². The maximum atomic E-state index is 12.9. The van der Waals surface area contributed by atoms with E-state index in [1.807, 2.05) is 0 Å². The Morgan fingerprint density at radius 1 is 1.17 bits per heavy atom. The second kappa shape index (κ2) is 6.21. The number of anilines is 1. The molecule has 1 heterocycles. The van der Waals surface area contributed by atoms with Crippen LogP contribution in [0, 0.1) is 5.82 Å². The number of halogens is 1. The van der Waals surface area contributed by atoms with Crippen LogP contribution < -0.4 is 10.0 Å². The summed E-state index contributed by atoms with van der Waals surface area (Å²) in [6.07, 6.45) is 0.302. The number of hydrogen-bond donors (Lipinski definition) is 3. The lowest BCUT2D eigenvalue weighted by molar-refractivity contribution is -0.139. The summed E-state index contributed by atoms with van der Waals surface area (Å²) in [6, 6.07) is 8.93. The van der Waals surface area contributed by atoms with Gasteiger partial charge in [0, 0.05) is 12.2 Å². The Morgan fingerprint density at radius 3 is 2.54 bits per heavy atom. The fraction of sp³-hybridized carbons (Fsp3) is 0.188. The first kappa shape index (κ1) is 16.4. The fourth-order valence-corrected chi connectivity index (χ4v) is 3.67. The fourth-order valence-electron chi connectivity index (χ4n) is 2.57. The Balaban J connectivity index is 1.84. The molecule has 0 aromatic heterocycles. The Bertz CT molecular complexity index is 881. The molecule has 8 heteroatoms. The van der Waals surface area contributed by atoms with Gasteiger partial charge < -0.3 is 10.4 Å². The van der Waals surface area contributed by atoms with E-state index in [4.69, 9.17) is 5.11 Å². The predicted octanol–water partition coefficient (Wildman–Crippen LogP) is 1.73. The number of rotatable bonds is 4. The lowest BCUT2D eigenvalue weighted by Crippen LogP contribution is -2.41. The Morgan fingerprint density at radius 2 is 1.88 bits per heavy atom. The Labute approximate surface area is 138 Å². The lowest BCUT2D eigenvalue weighted by Gasteiger charge is -2.23. The van der Waals surface area contributed by atoms with Crippen LogP contribution in [0.15, 0.2) is 47.4 Å². The van der Waals surface area contributed by atoms with E-state index in [1.54, 1.807) is 6.07 Å². The molecule has 0 amide bonds. The first-order valence-electron chi connectivity index (χ1n) is 7.21. The summed E-state index contributed by atoms with van der Waals surface area (Å²) in [5.41, 5.74) is 1.81. The van der Waals surface area contributed by atoms with Gasteiger partial charge in [-0.3, -0.25) is 9.52 Å². The molecule has 1 unspecified atom stereocenters. The van der Waals surface area contributed by atoms with E-state index < -0.39 is 27.9 Å².